The van der Waals surface area contributed by atoms with Gasteiger partial charge in [0.05, 0.1) is 13.0 Å². The summed E-state index contributed by atoms with van der Waals surface area (Å²) < 4.78 is 9.98. The van der Waals surface area contributed by atoms with Gasteiger partial charge in [-0.3, -0.25) is 4.79 Å². The minimum absolute atomic E-state index is 0.176. The van der Waals surface area contributed by atoms with Gasteiger partial charge in [-0.05, 0) is 39.7 Å². The van der Waals surface area contributed by atoms with E-state index in [1.54, 1.807) is 20.8 Å². The predicted octanol–water partition coefficient (Wildman–Crippen LogP) is 2.85. The molecule has 1 atom stereocenters. The van der Waals surface area contributed by atoms with Crippen molar-refractivity contribution in [1.29, 1.82) is 0 Å². The first kappa shape index (κ1) is 18.0. The van der Waals surface area contributed by atoms with Crippen LogP contribution in [0, 0.1) is 12.8 Å². The molecule has 0 fully saturated rings. The average Bonchev–Trinajstić information content (AvgIpc) is 2.42. The Morgan fingerprint density at radius 3 is 2.27 bits per heavy atom. The summed E-state index contributed by atoms with van der Waals surface area (Å²) in [7, 11) is 1.35. The molecular weight excluding hydrogens is 282 g/mol. The zero-order valence-electron chi connectivity index (χ0n) is 13.9. The van der Waals surface area contributed by atoms with Crippen molar-refractivity contribution in [1.82, 2.24) is 5.32 Å². The van der Waals surface area contributed by atoms with Crippen LogP contribution in [0.2, 0.25) is 0 Å². The molecular formula is C17H25NO4. The fourth-order valence-electron chi connectivity index (χ4n) is 1.93. The van der Waals surface area contributed by atoms with Gasteiger partial charge in [-0.15, -0.1) is 0 Å². The molecule has 5 heteroatoms. The van der Waals surface area contributed by atoms with Gasteiger partial charge in [0.2, 0.25) is 0 Å². The molecule has 5 nitrogen and oxygen atoms in total. The summed E-state index contributed by atoms with van der Waals surface area (Å²) in [6, 6.07) is 7.92. The van der Waals surface area contributed by atoms with Crippen molar-refractivity contribution in [3.8, 4) is 0 Å². The van der Waals surface area contributed by atoms with Gasteiger partial charge < -0.3 is 14.8 Å². The third kappa shape index (κ3) is 6.61. The molecule has 0 spiro atoms. The van der Waals surface area contributed by atoms with Crippen molar-refractivity contribution >= 4 is 12.1 Å². The molecule has 0 bridgehead atoms. The van der Waals surface area contributed by atoms with Gasteiger partial charge in [0.25, 0.3) is 0 Å². The molecule has 1 amide bonds. The first-order valence-corrected chi connectivity index (χ1v) is 7.31. The van der Waals surface area contributed by atoms with Crippen molar-refractivity contribution in [2.45, 2.75) is 39.7 Å². The monoisotopic (exact) mass is 307 g/mol. The molecule has 0 radical (unpaired) electrons. The van der Waals surface area contributed by atoms with Gasteiger partial charge in [0.1, 0.15) is 5.60 Å². The van der Waals surface area contributed by atoms with E-state index in [-0.39, 0.29) is 12.5 Å². The Labute approximate surface area is 132 Å². The lowest BCUT2D eigenvalue weighted by molar-refractivity contribution is -0.145. The molecule has 122 valence electrons. The van der Waals surface area contributed by atoms with Crippen LogP contribution < -0.4 is 5.32 Å². The van der Waals surface area contributed by atoms with Crippen LogP contribution in [0.3, 0.4) is 0 Å². The van der Waals surface area contributed by atoms with Crippen molar-refractivity contribution in [2.75, 3.05) is 13.7 Å². The summed E-state index contributed by atoms with van der Waals surface area (Å²) in [6.07, 6.45) is -0.0340. The first-order valence-electron chi connectivity index (χ1n) is 7.31. The third-order valence-corrected chi connectivity index (χ3v) is 3.03. The number of aryl methyl sites for hydroxylation is 1. The maximum absolute atomic E-state index is 11.9. The highest BCUT2D eigenvalue weighted by Gasteiger charge is 2.22. The molecule has 0 heterocycles. The van der Waals surface area contributed by atoms with E-state index in [0.717, 1.165) is 11.1 Å². The van der Waals surface area contributed by atoms with E-state index < -0.39 is 17.6 Å². The van der Waals surface area contributed by atoms with Gasteiger partial charge in [-0.25, -0.2) is 4.79 Å². The molecule has 0 aromatic heterocycles. The van der Waals surface area contributed by atoms with Crippen LogP contribution in [0.25, 0.3) is 0 Å². The predicted molar refractivity (Wildman–Crippen MR) is 84.6 cm³/mol. The smallest absolute Gasteiger partial charge is 0.407 e. The van der Waals surface area contributed by atoms with Gasteiger partial charge in [-0.1, -0.05) is 29.8 Å². The van der Waals surface area contributed by atoms with E-state index in [2.05, 4.69) is 5.32 Å². The number of amides is 1. The summed E-state index contributed by atoms with van der Waals surface area (Å²) in [5, 5.41) is 2.62. The molecule has 0 saturated heterocycles. The summed E-state index contributed by atoms with van der Waals surface area (Å²) in [5.41, 5.74) is 1.61. The highest BCUT2D eigenvalue weighted by atomic mass is 16.6. The molecule has 0 aliphatic heterocycles. The molecule has 0 aliphatic carbocycles. The van der Waals surface area contributed by atoms with Gasteiger partial charge in [-0.2, -0.15) is 0 Å². The quantitative estimate of drug-likeness (QED) is 0.850. The van der Waals surface area contributed by atoms with Gasteiger partial charge in [0.15, 0.2) is 0 Å². The van der Waals surface area contributed by atoms with E-state index in [0.29, 0.717) is 6.42 Å². The van der Waals surface area contributed by atoms with E-state index in [9.17, 15) is 9.59 Å². The summed E-state index contributed by atoms with van der Waals surface area (Å²) in [6.45, 7) is 7.55. The van der Waals surface area contributed by atoms with Crippen LogP contribution in [0.4, 0.5) is 4.79 Å². The molecule has 1 rings (SSSR count). The number of carbonyl (C=O) groups excluding carboxylic acids is 2. The summed E-state index contributed by atoms with van der Waals surface area (Å²) >= 11 is 0. The Bertz CT molecular complexity index is 502. The number of benzene rings is 1. The number of alkyl carbamates (subject to hydrolysis) is 1. The zero-order chi connectivity index (χ0) is 16.8. The normalized spacial score (nSPS) is 12.4. The van der Waals surface area contributed by atoms with Crippen molar-refractivity contribution < 1.29 is 19.1 Å². The minimum Gasteiger partial charge on any atom is -0.469 e. The van der Waals surface area contributed by atoms with Crippen LogP contribution in [-0.4, -0.2) is 31.3 Å². The average molecular weight is 307 g/mol. The Morgan fingerprint density at radius 1 is 1.18 bits per heavy atom. The maximum Gasteiger partial charge on any atom is 0.407 e. The lowest BCUT2D eigenvalue weighted by Crippen LogP contribution is -2.38. The van der Waals surface area contributed by atoms with Crippen molar-refractivity contribution in [3.63, 3.8) is 0 Å². The number of carbonyl (C=O) groups is 2. The molecule has 1 aromatic rings. The van der Waals surface area contributed by atoms with Gasteiger partial charge >= 0.3 is 12.1 Å². The number of methoxy groups -OCH3 is 1. The Balaban J connectivity index is 2.63. The topological polar surface area (TPSA) is 64.6 Å². The number of hydrogen-bond donors (Lipinski definition) is 1. The largest absolute Gasteiger partial charge is 0.469 e. The van der Waals surface area contributed by atoms with Crippen LogP contribution in [0.5, 0.6) is 0 Å². The number of esters is 1. The van der Waals surface area contributed by atoms with Gasteiger partial charge in [0, 0.05) is 6.54 Å². The number of rotatable bonds is 5. The second kappa shape index (κ2) is 7.82. The summed E-state index contributed by atoms with van der Waals surface area (Å²) in [4.78, 5) is 23.6. The molecule has 0 unspecified atom stereocenters. The molecule has 22 heavy (non-hydrogen) atoms. The third-order valence-electron chi connectivity index (χ3n) is 3.03. The van der Waals surface area contributed by atoms with E-state index >= 15 is 0 Å². The lowest BCUT2D eigenvalue weighted by Gasteiger charge is -2.21. The number of hydrogen-bond acceptors (Lipinski definition) is 4. The SMILES string of the molecule is COC(=O)[C@@H](CNC(=O)OC(C)(C)C)Cc1ccc(C)cc1. The van der Waals surface area contributed by atoms with Crippen molar-refractivity contribution in [2.24, 2.45) is 5.92 Å². The lowest BCUT2D eigenvalue weighted by atomic mass is 9.98. The van der Waals surface area contributed by atoms with Crippen LogP contribution in [0.1, 0.15) is 31.9 Å². The van der Waals surface area contributed by atoms with Crippen LogP contribution >= 0.6 is 0 Å². The van der Waals surface area contributed by atoms with Crippen LogP contribution in [0.15, 0.2) is 24.3 Å². The first-order chi connectivity index (χ1) is 10.2. The summed E-state index contributed by atoms with van der Waals surface area (Å²) in [5.74, 6) is -0.795. The molecule has 1 aromatic carbocycles. The molecule has 0 aliphatic rings. The molecule has 1 N–H and O–H groups in total. The Morgan fingerprint density at radius 2 is 1.77 bits per heavy atom. The van der Waals surface area contributed by atoms with Crippen molar-refractivity contribution in [3.05, 3.63) is 35.4 Å². The molecule has 0 saturated carbocycles. The van der Waals surface area contributed by atoms with Crippen LogP contribution in [-0.2, 0) is 20.7 Å². The fourth-order valence-corrected chi connectivity index (χ4v) is 1.93. The second-order valence-electron chi connectivity index (χ2n) is 6.29. The maximum atomic E-state index is 11.9. The highest BCUT2D eigenvalue weighted by Crippen LogP contribution is 2.12. The number of nitrogens with one attached hydrogen (secondary N) is 1. The Kier molecular flexibility index (Phi) is 6.40. The standard InChI is InChI=1S/C17H25NO4/c1-12-6-8-13(9-7-12)10-14(15(19)21-5)11-18-16(20)22-17(2,3)4/h6-9,14H,10-11H2,1-5H3,(H,18,20)/t14-/m1/s1. The van der Waals surface area contributed by atoms with E-state index in [1.165, 1.54) is 7.11 Å². The number of ether oxygens (including phenoxy) is 2. The fraction of sp³-hybridized carbons (Fsp3) is 0.529. The minimum atomic E-state index is -0.568. The highest BCUT2D eigenvalue weighted by molar-refractivity contribution is 5.74. The Hall–Kier alpha value is -2.04. The zero-order valence-corrected chi connectivity index (χ0v) is 13.9. The van der Waals surface area contributed by atoms with E-state index in [4.69, 9.17) is 9.47 Å². The van der Waals surface area contributed by atoms with E-state index in [1.807, 2.05) is 31.2 Å². The second-order valence-corrected chi connectivity index (χ2v) is 6.29.